The predicted octanol–water partition coefficient (Wildman–Crippen LogP) is 3.35. The fourth-order valence-electron chi connectivity index (χ4n) is 1.99. The number of thiophene rings is 1. The van der Waals surface area contributed by atoms with Gasteiger partial charge in [-0.1, -0.05) is 22.8 Å². The van der Waals surface area contributed by atoms with E-state index in [0.29, 0.717) is 18.2 Å². The first-order valence-corrected chi connectivity index (χ1v) is 6.98. The number of esters is 1. The molecule has 2 aromatic rings. The van der Waals surface area contributed by atoms with Crippen LogP contribution < -0.4 is 0 Å². The van der Waals surface area contributed by atoms with Gasteiger partial charge in [0.15, 0.2) is 0 Å². The highest BCUT2D eigenvalue weighted by Crippen LogP contribution is 2.36. The smallest absolute Gasteiger partial charge is 0.361 e. The van der Waals surface area contributed by atoms with E-state index in [2.05, 4.69) is 5.16 Å². The Labute approximate surface area is 118 Å². The molecule has 19 heavy (non-hydrogen) atoms. The fourth-order valence-corrected chi connectivity index (χ4v) is 3.44. The molecule has 0 radical (unpaired) electrons. The number of halogens is 1. The van der Waals surface area contributed by atoms with E-state index >= 15 is 0 Å². The van der Waals surface area contributed by atoms with Crippen molar-refractivity contribution in [3.8, 4) is 0 Å². The maximum Gasteiger partial charge on any atom is 0.361 e. The summed E-state index contributed by atoms with van der Waals surface area (Å²) in [5.74, 6) is -0.457. The van der Waals surface area contributed by atoms with E-state index in [4.69, 9.17) is 21.2 Å². The molecule has 0 amide bonds. The van der Waals surface area contributed by atoms with E-state index in [1.165, 1.54) is 11.3 Å². The van der Waals surface area contributed by atoms with Crippen LogP contribution in [0.15, 0.2) is 23.4 Å². The minimum absolute atomic E-state index is 0.237. The molecule has 1 aromatic carbocycles. The van der Waals surface area contributed by atoms with Crippen molar-refractivity contribution in [3.05, 3.63) is 33.7 Å². The standard InChI is InChI=1S/C13H10ClNO3S/c1-2-17-13(16)11-12-9(6-18-15-11)8-4-3-7(14)5-10(8)19-12/h3-5H,2,6H2,1H3. The maximum absolute atomic E-state index is 11.9. The summed E-state index contributed by atoms with van der Waals surface area (Å²) in [4.78, 5) is 17.8. The molecule has 3 rings (SSSR count). The molecule has 4 nitrogen and oxygen atoms in total. The maximum atomic E-state index is 11.9. The summed E-state index contributed by atoms with van der Waals surface area (Å²) >= 11 is 7.46. The normalized spacial score (nSPS) is 13.7. The minimum Gasteiger partial charge on any atom is -0.461 e. The molecule has 0 fully saturated rings. The molecule has 0 saturated heterocycles. The van der Waals surface area contributed by atoms with E-state index in [9.17, 15) is 4.79 Å². The zero-order chi connectivity index (χ0) is 13.4. The summed E-state index contributed by atoms with van der Waals surface area (Å²) in [5.41, 5.74) is 1.20. The molecule has 0 bridgehead atoms. The van der Waals surface area contributed by atoms with E-state index in [1.807, 2.05) is 18.2 Å². The number of ether oxygens (including phenoxy) is 1. The number of oxime groups is 1. The average molecular weight is 296 g/mol. The van der Waals surface area contributed by atoms with Crippen molar-refractivity contribution >= 4 is 44.7 Å². The van der Waals surface area contributed by atoms with Gasteiger partial charge in [0.25, 0.3) is 0 Å². The number of fused-ring (bicyclic) bond motifs is 3. The molecular formula is C13H10ClNO3S. The molecule has 1 aliphatic heterocycles. The Bertz CT molecular complexity index is 692. The van der Waals surface area contributed by atoms with Gasteiger partial charge in [-0.25, -0.2) is 4.79 Å². The van der Waals surface area contributed by atoms with Gasteiger partial charge < -0.3 is 9.57 Å². The highest BCUT2D eigenvalue weighted by atomic mass is 35.5. The Balaban J connectivity index is 2.14. The Kier molecular flexibility index (Phi) is 3.16. The second kappa shape index (κ2) is 4.83. The largest absolute Gasteiger partial charge is 0.461 e. The number of hydrogen-bond acceptors (Lipinski definition) is 5. The average Bonchev–Trinajstić information content (AvgIpc) is 2.75. The van der Waals surface area contributed by atoms with Crippen LogP contribution in [0, 0.1) is 0 Å². The molecule has 0 atom stereocenters. The molecule has 0 N–H and O–H groups in total. The number of benzene rings is 1. The Morgan fingerprint density at radius 3 is 3.21 bits per heavy atom. The fraction of sp³-hybridized carbons (Fsp3) is 0.231. The summed E-state index contributed by atoms with van der Waals surface area (Å²) < 4.78 is 6.00. The van der Waals surface area contributed by atoms with Crippen molar-refractivity contribution in [2.75, 3.05) is 6.61 Å². The van der Waals surface area contributed by atoms with Crippen molar-refractivity contribution in [1.82, 2.24) is 0 Å². The zero-order valence-electron chi connectivity index (χ0n) is 10.1. The van der Waals surface area contributed by atoms with Crippen molar-refractivity contribution in [2.24, 2.45) is 5.16 Å². The Morgan fingerprint density at radius 2 is 2.42 bits per heavy atom. The monoisotopic (exact) mass is 295 g/mol. The molecule has 6 heteroatoms. The van der Waals surface area contributed by atoms with Gasteiger partial charge in [-0.05, 0) is 24.4 Å². The molecule has 0 saturated carbocycles. The van der Waals surface area contributed by atoms with E-state index in [0.717, 1.165) is 20.5 Å². The van der Waals surface area contributed by atoms with Crippen LogP contribution in [-0.2, 0) is 21.0 Å². The molecule has 1 aliphatic rings. The third-order valence-electron chi connectivity index (χ3n) is 2.80. The van der Waals surface area contributed by atoms with Gasteiger partial charge in [0.05, 0.1) is 11.5 Å². The van der Waals surface area contributed by atoms with Crippen LogP contribution in [0.4, 0.5) is 0 Å². The summed E-state index contributed by atoms with van der Waals surface area (Å²) in [7, 11) is 0. The number of carbonyl (C=O) groups excluding carboxylic acids is 1. The summed E-state index contributed by atoms with van der Waals surface area (Å²) in [6.45, 7) is 2.43. The van der Waals surface area contributed by atoms with Crippen LogP contribution in [0.25, 0.3) is 10.1 Å². The molecule has 2 heterocycles. The molecule has 98 valence electrons. The lowest BCUT2D eigenvalue weighted by Crippen LogP contribution is -2.21. The first-order valence-electron chi connectivity index (χ1n) is 5.79. The first-order chi connectivity index (χ1) is 9.20. The first kappa shape index (κ1) is 12.4. The minimum atomic E-state index is -0.457. The van der Waals surface area contributed by atoms with Gasteiger partial charge >= 0.3 is 5.97 Å². The van der Waals surface area contributed by atoms with Gasteiger partial charge in [0, 0.05) is 15.3 Å². The van der Waals surface area contributed by atoms with Gasteiger partial charge in [-0.3, -0.25) is 0 Å². The number of nitrogens with zero attached hydrogens (tertiary/aromatic N) is 1. The summed E-state index contributed by atoms with van der Waals surface area (Å²) in [6, 6.07) is 5.64. The third kappa shape index (κ3) is 2.09. The lowest BCUT2D eigenvalue weighted by molar-refractivity contribution is -0.135. The van der Waals surface area contributed by atoms with E-state index in [-0.39, 0.29) is 5.71 Å². The summed E-state index contributed by atoms with van der Waals surface area (Å²) in [5, 5.41) is 5.54. The van der Waals surface area contributed by atoms with E-state index in [1.54, 1.807) is 6.92 Å². The van der Waals surface area contributed by atoms with Crippen molar-refractivity contribution in [3.63, 3.8) is 0 Å². The van der Waals surface area contributed by atoms with Gasteiger partial charge in [0.2, 0.25) is 5.71 Å². The molecule has 0 spiro atoms. The molecule has 1 aromatic heterocycles. The molecular weight excluding hydrogens is 286 g/mol. The third-order valence-corrected chi connectivity index (χ3v) is 4.24. The Hall–Kier alpha value is -1.59. The van der Waals surface area contributed by atoms with Crippen LogP contribution in [-0.4, -0.2) is 18.3 Å². The molecule has 0 aliphatic carbocycles. The molecule has 0 unspecified atom stereocenters. The number of hydrogen-bond donors (Lipinski definition) is 0. The topological polar surface area (TPSA) is 47.9 Å². The second-order valence-corrected chi connectivity index (χ2v) is 5.47. The lowest BCUT2D eigenvalue weighted by Gasteiger charge is -2.11. The lowest BCUT2D eigenvalue weighted by atomic mass is 10.1. The van der Waals surface area contributed by atoms with Crippen molar-refractivity contribution in [1.29, 1.82) is 0 Å². The Morgan fingerprint density at radius 1 is 1.58 bits per heavy atom. The quantitative estimate of drug-likeness (QED) is 0.798. The van der Waals surface area contributed by atoms with Gasteiger partial charge in [-0.2, -0.15) is 0 Å². The van der Waals surface area contributed by atoms with Crippen LogP contribution in [0.5, 0.6) is 0 Å². The van der Waals surface area contributed by atoms with Crippen LogP contribution in [0.1, 0.15) is 17.4 Å². The van der Waals surface area contributed by atoms with Crippen molar-refractivity contribution in [2.45, 2.75) is 13.5 Å². The highest BCUT2D eigenvalue weighted by Gasteiger charge is 2.27. The van der Waals surface area contributed by atoms with Crippen molar-refractivity contribution < 1.29 is 14.4 Å². The van der Waals surface area contributed by atoms with Crippen LogP contribution >= 0.6 is 22.9 Å². The second-order valence-electron chi connectivity index (χ2n) is 3.98. The zero-order valence-corrected chi connectivity index (χ0v) is 11.7. The van der Waals surface area contributed by atoms with E-state index < -0.39 is 5.97 Å². The number of rotatable bonds is 2. The van der Waals surface area contributed by atoms with Gasteiger partial charge in [-0.15, -0.1) is 11.3 Å². The summed E-state index contributed by atoms with van der Waals surface area (Å²) in [6.07, 6.45) is 0. The van der Waals surface area contributed by atoms with Crippen LogP contribution in [0.3, 0.4) is 0 Å². The highest BCUT2D eigenvalue weighted by molar-refractivity contribution is 7.21. The number of carbonyl (C=O) groups is 1. The van der Waals surface area contributed by atoms with Crippen LogP contribution in [0.2, 0.25) is 5.02 Å². The SMILES string of the molecule is CCOC(=O)C1=NOCc2c1sc1cc(Cl)ccc21. The predicted molar refractivity (Wildman–Crippen MR) is 74.8 cm³/mol. The van der Waals surface area contributed by atoms with Gasteiger partial charge in [0.1, 0.15) is 6.61 Å².